The van der Waals surface area contributed by atoms with E-state index in [2.05, 4.69) is 22.2 Å². The van der Waals surface area contributed by atoms with Gasteiger partial charge in [-0.25, -0.2) is 9.59 Å². The molecule has 1 saturated heterocycles. The number of hydrogen-bond acceptors (Lipinski definition) is 16. The molecule has 11 N–H and O–H groups in total. The average molecular weight is 686 g/mol. The number of nitrogens with zero attached hydrogens (tertiary/aromatic N) is 2. The first-order valence-corrected chi connectivity index (χ1v) is 14.6. The number of nitrogens with one attached hydrogen (secondary N) is 2. The van der Waals surface area contributed by atoms with E-state index >= 15 is 0 Å². The number of β-amino-alcohol motifs (C(OH)–C–C–N with tert-alkyl or cyclic N) is 1. The van der Waals surface area contributed by atoms with Crippen molar-refractivity contribution in [3.63, 3.8) is 0 Å². The number of aliphatic hydroxyl groups excluding tert-OH is 3. The number of aliphatic hydroxyl groups is 6. The van der Waals surface area contributed by atoms with Crippen LogP contribution in [0.15, 0.2) is 64.7 Å². The normalized spacial score (nSPS) is 30.8. The molecule has 0 amide bonds. The van der Waals surface area contributed by atoms with Crippen LogP contribution in [-0.4, -0.2) is 155 Å². The Morgan fingerprint density at radius 1 is 1.27 bits per heavy atom. The summed E-state index contributed by atoms with van der Waals surface area (Å²) >= 11 is 0. The maximum atomic E-state index is 12.9. The first-order chi connectivity index (χ1) is 22.7. The Morgan fingerprint density at radius 2 is 1.98 bits per heavy atom. The number of methoxy groups -OCH3 is 1. The molecule has 0 aliphatic carbocycles. The van der Waals surface area contributed by atoms with Crippen molar-refractivity contribution in [1.82, 2.24) is 15.5 Å². The van der Waals surface area contributed by atoms with Crippen LogP contribution in [0.1, 0.15) is 0 Å². The van der Waals surface area contributed by atoms with Gasteiger partial charge in [-0.3, -0.25) is 10.3 Å². The second-order valence-corrected chi connectivity index (χ2v) is 10.8. The Labute approximate surface area is 275 Å². The van der Waals surface area contributed by atoms with Crippen molar-refractivity contribution in [1.29, 1.82) is 0 Å². The minimum absolute atomic E-state index is 0.00853. The molecule has 19 nitrogen and oxygen atoms in total. The zero-order valence-corrected chi connectivity index (χ0v) is 26.6. The van der Waals surface area contributed by atoms with Crippen molar-refractivity contribution >= 4 is 17.9 Å². The topological polar surface area (TPSA) is 288 Å². The number of carbonyl (C=O) groups is 2. The summed E-state index contributed by atoms with van der Waals surface area (Å²) < 4.78 is 27.4. The summed E-state index contributed by atoms with van der Waals surface area (Å²) in [6.07, 6.45) is -2.90. The molecule has 3 rings (SSSR count). The molecule has 0 unspecified atom stereocenters. The summed E-state index contributed by atoms with van der Waals surface area (Å²) in [7, 11) is 3.94. The summed E-state index contributed by atoms with van der Waals surface area (Å²) in [5.41, 5.74) is 3.07. The zero-order valence-electron chi connectivity index (χ0n) is 26.6. The van der Waals surface area contributed by atoms with Crippen LogP contribution in [0.2, 0.25) is 0 Å². The van der Waals surface area contributed by atoms with Crippen LogP contribution in [0.4, 0.5) is 0 Å². The molecule has 0 bridgehead atoms. The lowest BCUT2D eigenvalue weighted by molar-refractivity contribution is -0.412. The van der Waals surface area contributed by atoms with Gasteiger partial charge in [-0.05, 0) is 18.7 Å². The highest BCUT2D eigenvalue weighted by atomic mass is 16.8. The molecule has 1 fully saturated rings. The number of carboxylic acids is 1. The van der Waals surface area contributed by atoms with Crippen LogP contribution in [0.3, 0.4) is 0 Å². The number of esters is 1. The number of ether oxygens (including phenoxy) is 5. The van der Waals surface area contributed by atoms with Crippen molar-refractivity contribution in [3.05, 3.63) is 59.7 Å². The van der Waals surface area contributed by atoms with Gasteiger partial charge in [0, 0.05) is 26.3 Å². The molecule has 0 aromatic heterocycles. The fourth-order valence-electron chi connectivity index (χ4n) is 5.24. The van der Waals surface area contributed by atoms with Gasteiger partial charge in [0.25, 0.3) is 0 Å². The highest BCUT2D eigenvalue weighted by Crippen LogP contribution is 2.41. The molecular weight excluding hydrogens is 642 g/mol. The molecule has 0 aromatic rings. The number of guanidine groups is 1. The van der Waals surface area contributed by atoms with Crippen molar-refractivity contribution < 1.29 is 69.0 Å². The van der Waals surface area contributed by atoms with E-state index in [9.17, 15) is 45.3 Å². The third-order valence-corrected chi connectivity index (χ3v) is 7.76. The highest BCUT2D eigenvalue weighted by molar-refractivity contribution is 5.95. The quantitative estimate of drug-likeness (QED) is 0.0273. The third-order valence-electron chi connectivity index (χ3n) is 7.76. The fourth-order valence-corrected chi connectivity index (χ4v) is 5.24. The maximum absolute atomic E-state index is 12.9. The predicted molar refractivity (Wildman–Crippen MR) is 164 cm³/mol. The number of nitrogens with two attached hydrogens (primary N) is 1. The molecule has 7 atom stereocenters. The molecule has 3 aliphatic heterocycles. The van der Waals surface area contributed by atoms with Crippen LogP contribution in [-0.2, 0) is 33.3 Å². The van der Waals surface area contributed by atoms with E-state index in [4.69, 9.17) is 29.4 Å². The lowest BCUT2D eigenvalue weighted by Gasteiger charge is -2.48. The lowest BCUT2D eigenvalue weighted by Crippen LogP contribution is -2.69. The van der Waals surface area contributed by atoms with Gasteiger partial charge in [0.1, 0.15) is 29.6 Å². The average Bonchev–Trinajstić information content (AvgIpc) is 3.05. The largest absolute Gasteiger partial charge is 0.478 e. The van der Waals surface area contributed by atoms with Crippen molar-refractivity contribution in [2.75, 3.05) is 54.2 Å². The smallest absolute Gasteiger partial charge is 0.340 e. The summed E-state index contributed by atoms with van der Waals surface area (Å²) in [5.74, 6) is -6.88. The summed E-state index contributed by atoms with van der Waals surface area (Å²) in [6, 6.07) is 0. The molecule has 48 heavy (non-hydrogen) atoms. The number of aliphatic imine (C=N–C) groups is 1. The van der Waals surface area contributed by atoms with E-state index in [0.717, 1.165) is 19.4 Å². The van der Waals surface area contributed by atoms with E-state index in [1.807, 2.05) is 0 Å². The van der Waals surface area contributed by atoms with Gasteiger partial charge < -0.3 is 75.4 Å². The summed E-state index contributed by atoms with van der Waals surface area (Å²) in [5, 5.41) is 78.7. The fraction of sp³-hybridized carbons (Fsp3) is 0.552. The molecule has 0 spiro atoms. The van der Waals surface area contributed by atoms with Crippen molar-refractivity contribution in [3.8, 4) is 0 Å². The van der Waals surface area contributed by atoms with Gasteiger partial charge >= 0.3 is 11.9 Å². The Kier molecular flexibility index (Phi) is 13.2. The standard InChI is InChI=1S/C29H43N5O14/c1-5-17-25(48-26-22(46-14-31-2)29(42,43)21(37)19(12-36)47-26)45-13-18(24(40)44-4)28(17,41)7-6-15-10-34(8-9-35)11-16(23(38)39)20(15)33-27(30)32-3/h5-7,11,13,17,19,21-22,25-26,31,35-37,41-43H,1,8-10,12,14H2,2-4H3,(H,38,39)(H3,30,32,33)/b7-6+/t17-,19+,21+,22-,25-,26-,28+/m0/s1. The Bertz CT molecular complexity index is 1350. The SMILES string of the molecule is C=C[C@H]1[C@H](O[C@@H]2O[C@H](CO)[C@@H](O)C(O)(O)[C@H]2OCNC)OC=C(C(=O)OC)[C@@]1(O)/C=C/C1=C(NC(N)=NC)C(C(=O)O)=CN(CCO)C1. The number of carbonyl (C=O) groups excluding carboxylic acids is 1. The van der Waals surface area contributed by atoms with Gasteiger partial charge in [0.2, 0.25) is 12.1 Å². The van der Waals surface area contributed by atoms with E-state index in [1.165, 1.54) is 37.3 Å². The molecule has 0 aromatic carbocycles. The number of aliphatic carboxylic acids is 1. The lowest BCUT2D eigenvalue weighted by atomic mass is 9.78. The molecule has 19 heteroatoms. The molecular formula is C29H43N5O14. The number of hydrogen-bond donors (Lipinski definition) is 10. The van der Waals surface area contributed by atoms with E-state index in [0.29, 0.717) is 0 Å². The number of rotatable bonds is 14. The predicted octanol–water partition coefficient (Wildman–Crippen LogP) is -4.11. The van der Waals surface area contributed by atoms with Crippen LogP contribution in [0, 0.1) is 5.92 Å². The van der Waals surface area contributed by atoms with E-state index in [-0.39, 0.29) is 49.2 Å². The van der Waals surface area contributed by atoms with Crippen molar-refractivity contribution in [2.24, 2.45) is 16.6 Å². The molecule has 3 aliphatic rings. The minimum Gasteiger partial charge on any atom is -0.478 e. The Balaban J connectivity index is 2.12. The van der Waals surface area contributed by atoms with E-state index < -0.39 is 72.3 Å². The Morgan fingerprint density at radius 3 is 2.54 bits per heavy atom. The number of carboxylic acid groups (broad SMARTS) is 1. The monoisotopic (exact) mass is 685 g/mol. The first kappa shape index (κ1) is 38.6. The van der Waals surface area contributed by atoms with Crippen LogP contribution < -0.4 is 16.4 Å². The molecule has 3 heterocycles. The van der Waals surface area contributed by atoms with Gasteiger partial charge in [-0.1, -0.05) is 12.2 Å². The van der Waals surface area contributed by atoms with Gasteiger partial charge in [-0.15, -0.1) is 6.58 Å². The summed E-state index contributed by atoms with van der Waals surface area (Å²) in [4.78, 5) is 30.4. The second kappa shape index (κ2) is 16.5. The van der Waals surface area contributed by atoms with Crippen molar-refractivity contribution in [2.45, 2.75) is 42.3 Å². The second-order valence-electron chi connectivity index (χ2n) is 10.8. The van der Waals surface area contributed by atoms with Gasteiger partial charge in [0.05, 0.1) is 44.2 Å². The van der Waals surface area contributed by atoms with Crippen LogP contribution in [0.5, 0.6) is 0 Å². The highest BCUT2D eigenvalue weighted by Gasteiger charge is 2.58. The Hall–Kier alpha value is -3.89. The molecule has 0 saturated carbocycles. The minimum atomic E-state index is -3.00. The summed E-state index contributed by atoms with van der Waals surface area (Å²) in [6.45, 7) is 2.38. The van der Waals surface area contributed by atoms with Crippen LogP contribution >= 0.6 is 0 Å². The zero-order chi connectivity index (χ0) is 35.8. The van der Waals surface area contributed by atoms with Gasteiger partial charge in [-0.2, -0.15) is 0 Å². The molecule has 268 valence electrons. The maximum Gasteiger partial charge on any atom is 0.340 e. The van der Waals surface area contributed by atoms with E-state index in [1.54, 1.807) is 0 Å². The van der Waals surface area contributed by atoms with Gasteiger partial charge in [0.15, 0.2) is 18.4 Å². The first-order valence-electron chi connectivity index (χ1n) is 14.6. The van der Waals surface area contributed by atoms with Crippen LogP contribution in [0.25, 0.3) is 0 Å². The third kappa shape index (κ3) is 8.04. The molecule has 0 radical (unpaired) electrons.